The van der Waals surface area contributed by atoms with E-state index in [9.17, 15) is 0 Å². The lowest BCUT2D eigenvalue weighted by Gasteiger charge is -2.20. The number of thiophene rings is 1. The molecule has 110 valence electrons. The number of nitrogens with one attached hydrogen (secondary N) is 2. The van der Waals surface area contributed by atoms with Gasteiger partial charge in [0.1, 0.15) is 0 Å². The summed E-state index contributed by atoms with van der Waals surface area (Å²) in [6.07, 6.45) is 3.53. The van der Waals surface area contributed by atoms with E-state index in [1.54, 1.807) is 11.3 Å². The lowest BCUT2D eigenvalue weighted by atomic mass is 10.0. The molecule has 1 aliphatic rings. The molecule has 0 amide bonds. The van der Waals surface area contributed by atoms with Gasteiger partial charge in [0, 0.05) is 10.9 Å². The lowest BCUT2D eigenvalue weighted by Crippen LogP contribution is -2.39. The number of thiocarbonyl (C=S) groups is 1. The third kappa shape index (κ3) is 3.83. The van der Waals surface area contributed by atoms with E-state index in [2.05, 4.69) is 59.3 Å². The minimum Gasteiger partial charge on any atom is -0.360 e. The van der Waals surface area contributed by atoms with Crippen molar-refractivity contribution in [2.24, 2.45) is 0 Å². The maximum atomic E-state index is 5.45. The highest BCUT2D eigenvalue weighted by molar-refractivity contribution is 7.80. The van der Waals surface area contributed by atoms with Crippen molar-refractivity contribution < 1.29 is 0 Å². The topological polar surface area (TPSA) is 24.1 Å². The Morgan fingerprint density at radius 3 is 2.62 bits per heavy atom. The summed E-state index contributed by atoms with van der Waals surface area (Å²) >= 11 is 7.21. The van der Waals surface area contributed by atoms with Gasteiger partial charge in [-0.2, -0.15) is 0 Å². The molecule has 1 atom stereocenters. The SMILES string of the molecule is CCc1ccc([C@H](NC(=S)NC2CC2)c2cccs2)cc1. The van der Waals surface area contributed by atoms with Crippen LogP contribution in [0.3, 0.4) is 0 Å². The second-order valence-corrected chi connectivity index (χ2v) is 6.82. The Labute approximate surface area is 135 Å². The Bertz CT molecular complexity index is 586. The molecular formula is C17H20N2S2. The number of hydrogen-bond donors (Lipinski definition) is 2. The fourth-order valence-corrected chi connectivity index (χ4v) is 3.39. The highest BCUT2D eigenvalue weighted by Crippen LogP contribution is 2.27. The molecule has 0 radical (unpaired) electrons. The molecule has 0 bridgehead atoms. The van der Waals surface area contributed by atoms with Crippen molar-refractivity contribution in [2.75, 3.05) is 0 Å². The largest absolute Gasteiger partial charge is 0.360 e. The minimum absolute atomic E-state index is 0.134. The molecule has 1 saturated carbocycles. The van der Waals surface area contributed by atoms with Crippen molar-refractivity contribution in [3.8, 4) is 0 Å². The summed E-state index contributed by atoms with van der Waals surface area (Å²) in [5, 5.41) is 9.71. The van der Waals surface area contributed by atoms with Crippen LogP contribution in [0.2, 0.25) is 0 Å². The lowest BCUT2D eigenvalue weighted by molar-refractivity contribution is 0.745. The minimum atomic E-state index is 0.134. The number of rotatable bonds is 5. The summed E-state index contributed by atoms with van der Waals surface area (Å²) < 4.78 is 0. The molecular weight excluding hydrogens is 296 g/mol. The molecule has 4 heteroatoms. The van der Waals surface area contributed by atoms with E-state index >= 15 is 0 Å². The van der Waals surface area contributed by atoms with Gasteiger partial charge >= 0.3 is 0 Å². The zero-order valence-corrected chi connectivity index (χ0v) is 13.8. The van der Waals surface area contributed by atoms with Crippen LogP contribution in [0.25, 0.3) is 0 Å². The van der Waals surface area contributed by atoms with Crippen molar-refractivity contribution >= 4 is 28.7 Å². The van der Waals surface area contributed by atoms with Gasteiger partial charge in [-0.15, -0.1) is 11.3 Å². The van der Waals surface area contributed by atoms with Gasteiger partial charge in [-0.05, 0) is 54.1 Å². The number of benzene rings is 1. The van der Waals surface area contributed by atoms with Crippen molar-refractivity contribution in [1.82, 2.24) is 10.6 Å². The average molecular weight is 316 g/mol. The van der Waals surface area contributed by atoms with Gasteiger partial charge in [0.25, 0.3) is 0 Å². The van der Waals surface area contributed by atoms with Gasteiger partial charge in [-0.3, -0.25) is 0 Å². The van der Waals surface area contributed by atoms with Crippen molar-refractivity contribution in [1.29, 1.82) is 0 Å². The van der Waals surface area contributed by atoms with E-state index < -0.39 is 0 Å². The van der Waals surface area contributed by atoms with Gasteiger partial charge in [-0.1, -0.05) is 37.3 Å². The molecule has 2 aromatic rings. The van der Waals surface area contributed by atoms with Crippen molar-refractivity contribution in [3.63, 3.8) is 0 Å². The average Bonchev–Trinajstić information content (AvgIpc) is 3.15. The Kier molecular flexibility index (Phi) is 4.56. The van der Waals surface area contributed by atoms with Gasteiger partial charge in [0.05, 0.1) is 6.04 Å². The van der Waals surface area contributed by atoms with E-state index in [0.29, 0.717) is 6.04 Å². The Balaban J connectivity index is 1.79. The fraction of sp³-hybridized carbons (Fsp3) is 0.353. The zero-order valence-electron chi connectivity index (χ0n) is 12.1. The first-order valence-electron chi connectivity index (χ1n) is 7.45. The maximum Gasteiger partial charge on any atom is 0.167 e. The van der Waals surface area contributed by atoms with E-state index in [4.69, 9.17) is 12.2 Å². The van der Waals surface area contributed by atoms with E-state index in [1.807, 2.05) is 0 Å². The summed E-state index contributed by atoms with van der Waals surface area (Å²) in [6.45, 7) is 2.18. The van der Waals surface area contributed by atoms with Crippen LogP contribution in [0.1, 0.15) is 41.8 Å². The van der Waals surface area contributed by atoms with Crippen LogP contribution < -0.4 is 10.6 Å². The normalized spacial score (nSPS) is 15.5. The van der Waals surface area contributed by atoms with Gasteiger partial charge in [-0.25, -0.2) is 0 Å². The monoisotopic (exact) mass is 316 g/mol. The Morgan fingerprint density at radius 2 is 2.05 bits per heavy atom. The van der Waals surface area contributed by atoms with Gasteiger partial charge in [0.2, 0.25) is 0 Å². The first-order valence-corrected chi connectivity index (χ1v) is 8.74. The molecule has 0 aliphatic heterocycles. The summed E-state index contributed by atoms with van der Waals surface area (Å²) in [5.74, 6) is 0. The van der Waals surface area contributed by atoms with Crippen LogP contribution in [0.15, 0.2) is 41.8 Å². The molecule has 1 aromatic heterocycles. The van der Waals surface area contributed by atoms with Crippen LogP contribution in [-0.4, -0.2) is 11.2 Å². The molecule has 0 saturated heterocycles. The van der Waals surface area contributed by atoms with E-state index in [0.717, 1.165) is 11.5 Å². The van der Waals surface area contributed by atoms with Crippen LogP contribution in [0.5, 0.6) is 0 Å². The molecule has 3 rings (SSSR count). The second kappa shape index (κ2) is 6.58. The molecule has 2 N–H and O–H groups in total. The second-order valence-electron chi connectivity index (χ2n) is 5.44. The smallest absolute Gasteiger partial charge is 0.167 e. The first-order chi connectivity index (χ1) is 10.3. The Hall–Kier alpha value is -1.39. The molecule has 0 spiro atoms. The molecule has 1 fully saturated rings. The van der Waals surface area contributed by atoms with Crippen molar-refractivity contribution in [3.05, 3.63) is 57.8 Å². The van der Waals surface area contributed by atoms with Crippen LogP contribution >= 0.6 is 23.6 Å². The molecule has 0 unspecified atom stereocenters. The first kappa shape index (κ1) is 14.5. The number of aryl methyl sites for hydroxylation is 1. The van der Waals surface area contributed by atoms with Crippen LogP contribution in [0, 0.1) is 0 Å². The van der Waals surface area contributed by atoms with E-state index in [1.165, 1.54) is 28.8 Å². The fourth-order valence-electron chi connectivity index (χ4n) is 2.31. The van der Waals surface area contributed by atoms with Crippen molar-refractivity contribution in [2.45, 2.75) is 38.3 Å². The third-order valence-corrected chi connectivity index (χ3v) is 4.91. The summed E-state index contributed by atoms with van der Waals surface area (Å²) in [7, 11) is 0. The van der Waals surface area contributed by atoms with Gasteiger partial charge < -0.3 is 10.6 Å². The summed E-state index contributed by atoms with van der Waals surface area (Å²) in [4.78, 5) is 1.29. The van der Waals surface area contributed by atoms with Gasteiger partial charge in [0.15, 0.2) is 5.11 Å². The highest BCUT2D eigenvalue weighted by atomic mass is 32.1. The third-order valence-electron chi connectivity index (χ3n) is 3.74. The zero-order chi connectivity index (χ0) is 14.7. The molecule has 1 aromatic carbocycles. The standard InChI is InChI=1S/C17H20N2S2/c1-2-12-5-7-13(8-6-12)16(15-4-3-11-21-15)19-17(20)18-14-9-10-14/h3-8,11,14,16H,2,9-10H2,1H3,(H2,18,19,20)/t16-/m0/s1. The summed E-state index contributed by atoms with van der Waals surface area (Å²) in [6, 6.07) is 13.8. The number of hydrogen-bond acceptors (Lipinski definition) is 2. The maximum absolute atomic E-state index is 5.45. The molecule has 1 aliphatic carbocycles. The summed E-state index contributed by atoms with van der Waals surface area (Å²) in [5.41, 5.74) is 2.62. The molecule has 1 heterocycles. The quantitative estimate of drug-likeness (QED) is 0.815. The van der Waals surface area contributed by atoms with Crippen LogP contribution in [0.4, 0.5) is 0 Å². The highest BCUT2D eigenvalue weighted by Gasteiger charge is 2.23. The Morgan fingerprint density at radius 1 is 1.29 bits per heavy atom. The van der Waals surface area contributed by atoms with E-state index in [-0.39, 0.29) is 6.04 Å². The predicted octanol–water partition coefficient (Wildman–Crippen LogP) is 4.03. The predicted molar refractivity (Wildman–Crippen MR) is 93.9 cm³/mol. The molecule has 21 heavy (non-hydrogen) atoms. The van der Waals surface area contributed by atoms with Crippen LogP contribution in [-0.2, 0) is 6.42 Å². The molecule has 2 nitrogen and oxygen atoms in total.